The lowest BCUT2D eigenvalue weighted by molar-refractivity contribution is -0.929. The highest BCUT2D eigenvalue weighted by Crippen LogP contribution is 2.34. The van der Waals surface area contributed by atoms with Gasteiger partial charge in [-0.25, -0.2) is 0 Å². The first kappa shape index (κ1) is 28.4. The predicted octanol–water partition coefficient (Wildman–Crippen LogP) is 4.21. The predicted molar refractivity (Wildman–Crippen MR) is 153 cm³/mol. The molecule has 2 N–H and O–H groups in total. The molecule has 4 nitrogen and oxygen atoms in total. The maximum Gasteiger partial charge on any atom is 0.189 e. The monoisotopic (exact) mass is 622 g/mol. The van der Waals surface area contributed by atoms with Crippen LogP contribution in [-0.4, -0.2) is 37.0 Å². The average Bonchev–Trinajstić information content (AvgIpc) is 3.12. The van der Waals surface area contributed by atoms with Gasteiger partial charge in [-0.1, -0.05) is 48.4 Å². The second-order valence-corrected chi connectivity index (χ2v) is 11.4. The minimum Gasteiger partial charge on any atom is -1.00 e. The number of Topliss-reactive ketones (excluding diaryl/α,β-unsaturated/α-hetero) is 1. The van der Waals surface area contributed by atoms with Gasteiger partial charge in [0.05, 0.1) is 26.7 Å². The topological polar surface area (TPSA) is 52.3 Å². The van der Waals surface area contributed by atoms with Crippen molar-refractivity contribution in [2.24, 2.45) is 0 Å². The van der Waals surface area contributed by atoms with Crippen molar-refractivity contribution in [3.63, 3.8) is 0 Å². The lowest BCUT2D eigenvalue weighted by atomic mass is 9.91. The summed E-state index contributed by atoms with van der Waals surface area (Å²) in [5.74, 6) is 0.879. The number of anilines is 1. The second-order valence-electron chi connectivity index (χ2n) is 11.4. The minimum absolute atomic E-state index is 0. The van der Waals surface area contributed by atoms with E-state index in [4.69, 9.17) is 10.5 Å². The highest BCUT2D eigenvalue weighted by atomic mass is 127. The molecule has 0 atom stereocenters. The maximum atomic E-state index is 14.0. The molecule has 0 amide bonds. The number of aryl methyl sites for hydroxylation is 1. The average molecular weight is 623 g/mol. The van der Waals surface area contributed by atoms with E-state index in [1.807, 2.05) is 24.3 Å². The minimum atomic E-state index is 0. The fourth-order valence-electron chi connectivity index (χ4n) is 5.89. The number of nitrogens with zero attached hydrogens (tertiary/aromatic N) is 1. The number of fused-ring (bicyclic) bond motifs is 1. The molecule has 5 heteroatoms. The van der Waals surface area contributed by atoms with Gasteiger partial charge in [-0.2, -0.15) is 0 Å². The van der Waals surface area contributed by atoms with Crippen molar-refractivity contribution in [3.8, 4) is 16.9 Å². The van der Waals surface area contributed by atoms with Crippen molar-refractivity contribution < 1.29 is 38.0 Å². The van der Waals surface area contributed by atoms with E-state index in [0.717, 1.165) is 50.2 Å². The summed E-state index contributed by atoms with van der Waals surface area (Å²) in [7, 11) is 4.62. The van der Waals surface area contributed by atoms with Crippen LogP contribution in [0.1, 0.15) is 65.6 Å². The zero-order valence-electron chi connectivity index (χ0n) is 22.8. The molecule has 0 bridgehead atoms. The van der Waals surface area contributed by atoms with E-state index in [2.05, 4.69) is 63.5 Å². The Kier molecular flexibility index (Phi) is 8.99. The molecule has 0 saturated heterocycles. The van der Waals surface area contributed by atoms with E-state index in [0.29, 0.717) is 24.8 Å². The van der Waals surface area contributed by atoms with Crippen molar-refractivity contribution in [2.75, 3.05) is 26.4 Å². The van der Waals surface area contributed by atoms with Crippen LogP contribution in [-0.2, 0) is 6.54 Å². The first-order valence-corrected chi connectivity index (χ1v) is 13.6. The molecular formula is C33H39IN2O2. The molecule has 200 valence electrons. The van der Waals surface area contributed by atoms with Crippen LogP contribution in [0.15, 0.2) is 66.2 Å². The van der Waals surface area contributed by atoms with Gasteiger partial charge in [0.1, 0.15) is 12.3 Å². The Hall–Kier alpha value is -2.64. The quantitative estimate of drug-likeness (QED) is 0.194. The van der Waals surface area contributed by atoms with E-state index in [9.17, 15) is 4.79 Å². The van der Waals surface area contributed by atoms with Gasteiger partial charge in [-0.05, 0) is 74.1 Å². The third kappa shape index (κ3) is 6.32. The summed E-state index contributed by atoms with van der Waals surface area (Å²) in [6.07, 6.45) is 9.06. The van der Waals surface area contributed by atoms with Crippen LogP contribution in [0.25, 0.3) is 17.2 Å². The number of halogens is 1. The van der Waals surface area contributed by atoms with E-state index in [1.54, 1.807) is 0 Å². The number of rotatable bonds is 6. The third-order valence-electron chi connectivity index (χ3n) is 8.16. The fraction of sp³-hybridized carbons (Fsp3) is 0.364. The van der Waals surface area contributed by atoms with Gasteiger partial charge in [0, 0.05) is 34.4 Å². The Morgan fingerprint density at radius 2 is 1.66 bits per heavy atom. The van der Waals surface area contributed by atoms with Gasteiger partial charge < -0.3 is 38.9 Å². The lowest BCUT2D eigenvalue weighted by Gasteiger charge is -2.40. The number of hydrogen-bond donors (Lipinski definition) is 1. The molecule has 1 saturated carbocycles. The Morgan fingerprint density at radius 3 is 2.39 bits per heavy atom. The van der Waals surface area contributed by atoms with Gasteiger partial charge in [-0.3, -0.25) is 4.79 Å². The molecule has 0 aromatic heterocycles. The van der Waals surface area contributed by atoms with E-state index >= 15 is 0 Å². The van der Waals surface area contributed by atoms with Crippen LogP contribution in [0.2, 0.25) is 0 Å². The smallest absolute Gasteiger partial charge is 0.189 e. The largest absolute Gasteiger partial charge is 1.00 e. The Morgan fingerprint density at radius 1 is 0.947 bits per heavy atom. The molecule has 1 aliphatic heterocycles. The molecule has 0 radical (unpaired) electrons. The summed E-state index contributed by atoms with van der Waals surface area (Å²) in [6.45, 7) is 3.40. The number of benzene rings is 3. The van der Waals surface area contributed by atoms with Gasteiger partial charge in [0.15, 0.2) is 5.78 Å². The van der Waals surface area contributed by atoms with Gasteiger partial charge in [0.2, 0.25) is 0 Å². The summed E-state index contributed by atoms with van der Waals surface area (Å²) in [4.78, 5) is 14.0. The Bertz CT molecular complexity index is 1320. The number of carbonyl (C=O) groups excluding carboxylic acids is 1. The van der Waals surface area contributed by atoms with Crippen LogP contribution >= 0.6 is 0 Å². The van der Waals surface area contributed by atoms with E-state index in [1.165, 1.54) is 37.7 Å². The van der Waals surface area contributed by atoms with E-state index in [-0.39, 0.29) is 29.8 Å². The number of hydrogen-bond acceptors (Lipinski definition) is 3. The normalized spacial score (nSPS) is 15.9. The number of nitrogen functional groups attached to an aromatic ring is 1. The molecule has 5 rings (SSSR count). The fourth-order valence-corrected chi connectivity index (χ4v) is 5.89. The summed E-state index contributed by atoms with van der Waals surface area (Å²) in [5.41, 5.74) is 13.9. The molecule has 3 aromatic carbocycles. The Labute approximate surface area is 244 Å². The first-order valence-electron chi connectivity index (χ1n) is 13.6. The second kappa shape index (κ2) is 12.0. The van der Waals surface area contributed by atoms with Gasteiger partial charge in [-0.15, -0.1) is 0 Å². The number of ketones is 1. The van der Waals surface area contributed by atoms with Crippen LogP contribution in [0.4, 0.5) is 5.69 Å². The van der Waals surface area contributed by atoms with Crippen molar-refractivity contribution in [3.05, 3.63) is 88.5 Å². The molecule has 2 aliphatic rings. The molecule has 1 aliphatic carbocycles. The van der Waals surface area contributed by atoms with Crippen molar-refractivity contribution >= 4 is 17.5 Å². The lowest BCUT2D eigenvalue weighted by Crippen LogP contribution is -3.00. The molecule has 1 heterocycles. The number of nitrogens with two attached hydrogens (primary N) is 1. The van der Waals surface area contributed by atoms with Crippen LogP contribution < -0.4 is 34.4 Å². The summed E-state index contributed by atoms with van der Waals surface area (Å²) in [5, 5.41) is 0. The zero-order valence-corrected chi connectivity index (χ0v) is 25.0. The number of carbonyl (C=O) groups is 1. The van der Waals surface area contributed by atoms with Gasteiger partial charge >= 0.3 is 0 Å². The molecule has 0 spiro atoms. The third-order valence-corrected chi connectivity index (χ3v) is 8.16. The molecular weight excluding hydrogens is 583 g/mol. The standard InChI is InChI=1S/C33H39N2O2.HI/c1-23-9-11-24(12-10-23)25-14-16-32-28(19-25)20-26(17-18-37-32)33(36)31-21-29(34)15-13-27(31)22-35(2,3)30-7-5-4-6-8-30;/h9-16,19-21,30H,4-8,17-18,22,34H2,1-3H3;1H/q+1;/p-1. The van der Waals surface area contributed by atoms with Gasteiger partial charge in [0.25, 0.3) is 0 Å². The SMILES string of the molecule is Cc1ccc(-c2ccc3c(c2)C=C(C(=O)c2cc(N)ccc2C[N+](C)(C)C2CCCCC2)CCO3)cc1.[I-]. The number of ether oxygens (including phenoxy) is 1. The summed E-state index contributed by atoms with van der Waals surface area (Å²) < 4.78 is 6.95. The number of quaternary nitrogens is 1. The van der Waals surface area contributed by atoms with Crippen molar-refractivity contribution in [1.82, 2.24) is 0 Å². The molecule has 1 fully saturated rings. The van der Waals surface area contributed by atoms with Crippen molar-refractivity contribution in [1.29, 1.82) is 0 Å². The van der Waals surface area contributed by atoms with E-state index < -0.39 is 0 Å². The molecule has 38 heavy (non-hydrogen) atoms. The summed E-state index contributed by atoms with van der Waals surface area (Å²) in [6, 6.07) is 21.2. The van der Waals surface area contributed by atoms with Crippen molar-refractivity contribution in [2.45, 2.75) is 58.0 Å². The highest BCUT2D eigenvalue weighted by Gasteiger charge is 2.31. The molecule has 0 unspecified atom stereocenters. The summed E-state index contributed by atoms with van der Waals surface area (Å²) >= 11 is 0. The van der Waals surface area contributed by atoms with Crippen LogP contribution in [0.5, 0.6) is 5.75 Å². The van der Waals surface area contributed by atoms with Crippen LogP contribution in [0, 0.1) is 6.92 Å². The zero-order chi connectivity index (χ0) is 26.0. The maximum absolute atomic E-state index is 14.0. The highest BCUT2D eigenvalue weighted by molar-refractivity contribution is 6.12. The molecule has 3 aromatic rings. The Balaban J connectivity index is 0.00000336. The van der Waals surface area contributed by atoms with Crippen LogP contribution in [0.3, 0.4) is 0 Å². The first-order chi connectivity index (χ1) is 17.8.